The summed E-state index contributed by atoms with van der Waals surface area (Å²) in [7, 11) is 0. The first-order valence-electron chi connectivity index (χ1n) is 13.4. The average molecular weight is 520 g/mol. The topological polar surface area (TPSA) is 3.24 Å². The van der Waals surface area contributed by atoms with Crippen molar-refractivity contribution in [1.82, 2.24) is 4.90 Å². The van der Waals surface area contributed by atoms with Gasteiger partial charge in [-0.3, -0.25) is 0 Å². The molecule has 1 aliphatic carbocycles. The maximum atomic E-state index is 2.91. The summed E-state index contributed by atoms with van der Waals surface area (Å²) in [5.41, 5.74) is 2.10. The zero-order valence-electron chi connectivity index (χ0n) is 21.0. The van der Waals surface area contributed by atoms with Crippen molar-refractivity contribution in [3.8, 4) is 0 Å². The number of aryl methyl sites for hydroxylation is 1. The van der Waals surface area contributed by atoms with Gasteiger partial charge in [0, 0.05) is 0 Å². The molecule has 0 heterocycles. The molecule has 0 aliphatic heterocycles. The molecule has 30 heavy (non-hydrogen) atoms. The van der Waals surface area contributed by atoms with Crippen LogP contribution in [0, 0.1) is 0 Å². The molecule has 172 valence electrons. The van der Waals surface area contributed by atoms with Gasteiger partial charge >= 0.3 is 194 Å². The Morgan fingerprint density at radius 3 is 1.80 bits per heavy atom. The van der Waals surface area contributed by atoms with Gasteiger partial charge in [-0.25, -0.2) is 0 Å². The Hall–Kier alpha value is -0.0213. The van der Waals surface area contributed by atoms with Gasteiger partial charge in [-0.2, -0.15) is 0 Å². The molecule has 2 heteroatoms. The number of unbranched alkanes of at least 4 members (excludes halogenated alkanes) is 3. The van der Waals surface area contributed by atoms with Crippen LogP contribution in [0.2, 0.25) is 17.2 Å². The fourth-order valence-electron chi connectivity index (χ4n) is 6.45. The zero-order valence-corrected chi connectivity index (χ0v) is 23.9. The van der Waals surface area contributed by atoms with E-state index in [-0.39, 0.29) is 0 Å². The van der Waals surface area contributed by atoms with Crippen molar-refractivity contribution in [2.75, 3.05) is 13.1 Å². The first-order valence-corrected chi connectivity index (χ1v) is 21.1. The van der Waals surface area contributed by atoms with Crippen LogP contribution in [0.1, 0.15) is 98.0 Å². The van der Waals surface area contributed by atoms with Crippen LogP contribution in [0.3, 0.4) is 0 Å². The number of hydrogen-bond donors (Lipinski definition) is 0. The van der Waals surface area contributed by atoms with E-state index in [0.29, 0.717) is 5.54 Å². The molecule has 0 unspecified atom stereocenters. The van der Waals surface area contributed by atoms with Gasteiger partial charge in [-0.1, -0.05) is 0 Å². The molecule has 0 N–H and O–H groups in total. The monoisotopic (exact) mass is 521 g/mol. The predicted molar refractivity (Wildman–Crippen MR) is 138 cm³/mol. The van der Waals surface area contributed by atoms with Gasteiger partial charge in [0.2, 0.25) is 0 Å². The number of nitrogens with zero attached hydrogens (tertiary/aromatic N) is 1. The van der Waals surface area contributed by atoms with E-state index >= 15 is 0 Å². The molecular weight excluding hydrogens is 469 g/mol. The fraction of sp³-hybridized carbons (Fsp3) is 0.786. The molecule has 1 aliphatic rings. The summed E-state index contributed by atoms with van der Waals surface area (Å²) in [5.74, 6) is 0. The van der Waals surface area contributed by atoms with Crippen molar-refractivity contribution in [2.45, 2.75) is 122 Å². The molecule has 0 aromatic heterocycles. The molecule has 1 saturated carbocycles. The van der Waals surface area contributed by atoms with E-state index in [4.69, 9.17) is 0 Å². The van der Waals surface area contributed by atoms with Gasteiger partial charge in [0.25, 0.3) is 0 Å². The van der Waals surface area contributed by atoms with Crippen LogP contribution < -0.4 is 0 Å². The second-order valence-electron chi connectivity index (χ2n) is 10.0. The van der Waals surface area contributed by atoms with Gasteiger partial charge in [0.1, 0.15) is 0 Å². The first-order chi connectivity index (χ1) is 14.6. The standard InChI is InChI=1S/C16H24N.3C4H9.Sn/c1-3-17(4-2)16(13-14-16)12-8-11-15-9-6-5-7-10-15;3*1-3-4-2;/h5-7,9-10,13H,3-4,8,11-12,14H2,1-2H3;3*1,3-4H2,2H3;/t16-;;;;/m0..../s1. The van der Waals surface area contributed by atoms with Gasteiger partial charge in [0.05, 0.1) is 0 Å². The van der Waals surface area contributed by atoms with Crippen molar-refractivity contribution >= 4 is 18.4 Å². The SMILES string of the molecule is CCC[CH2][Sn]([CH2]CCC)([CH2]CCC)[C@@H]1C[C@@]1(CCCc1ccccc1)N(CC)CC. The van der Waals surface area contributed by atoms with Crippen LogP contribution >= 0.6 is 0 Å². The molecule has 1 aromatic carbocycles. The second kappa shape index (κ2) is 13.5. The summed E-state index contributed by atoms with van der Waals surface area (Å²) in [5, 5.41) is 0. The summed E-state index contributed by atoms with van der Waals surface area (Å²) in [4.78, 5) is 2.91. The summed E-state index contributed by atoms with van der Waals surface area (Å²) < 4.78 is 6.17. The summed E-state index contributed by atoms with van der Waals surface area (Å²) in [6.45, 7) is 14.6. The third-order valence-electron chi connectivity index (χ3n) is 8.18. The average Bonchev–Trinajstić information content (AvgIpc) is 3.51. The molecule has 0 bridgehead atoms. The molecule has 0 radical (unpaired) electrons. The molecule has 2 rings (SSSR count). The Bertz CT molecular complexity index is 545. The van der Waals surface area contributed by atoms with Crippen LogP contribution in [0.4, 0.5) is 0 Å². The number of hydrogen-bond acceptors (Lipinski definition) is 1. The second-order valence-corrected chi connectivity index (χ2v) is 24.1. The third-order valence-corrected chi connectivity index (χ3v) is 26.1. The predicted octanol–water partition coefficient (Wildman–Crippen LogP) is 8.71. The minimum absolute atomic E-state index is 0.573. The molecule has 1 aromatic rings. The van der Waals surface area contributed by atoms with Crippen LogP contribution in [0.15, 0.2) is 30.3 Å². The molecule has 2 atom stereocenters. The van der Waals surface area contributed by atoms with Gasteiger partial charge in [-0.05, 0) is 0 Å². The third kappa shape index (κ3) is 6.74. The van der Waals surface area contributed by atoms with E-state index < -0.39 is 18.4 Å². The van der Waals surface area contributed by atoms with Crippen molar-refractivity contribution in [1.29, 1.82) is 0 Å². The number of rotatable bonds is 17. The van der Waals surface area contributed by atoms with Crippen LogP contribution in [0.25, 0.3) is 0 Å². The molecule has 0 amide bonds. The van der Waals surface area contributed by atoms with Gasteiger partial charge in [0.15, 0.2) is 0 Å². The number of benzene rings is 1. The molecule has 0 saturated heterocycles. The Morgan fingerprint density at radius 2 is 1.33 bits per heavy atom. The van der Waals surface area contributed by atoms with E-state index in [1.54, 1.807) is 19.7 Å². The van der Waals surface area contributed by atoms with Crippen LogP contribution in [-0.2, 0) is 6.42 Å². The first kappa shape index (κ1) is 26.2. The molecule has 0 spiro atoms. The maximum absolute atomic E-state index is 2.91. The van der Waals surface area contributed by atoms with E-state index in [2.05, 4.69) is 69.9 Å². The van der Waals surface area contributed by atoms with E-state index in [0.717, 1.165) is 3.93 Å². The van der Waals surface area contributed by atoms with Crippen molar-refractivity contribution in [3.05, 3.63) is 35.9 Å². The van der Waals surface area contributed by atoms with E-state index in [1.165, 1.54) is 76.4 Å². The van der Waals surface area contributed by atoms with Gasteiger partial charge in [-0.15, -0.1) is 0 Å². The summed E-state index contributed by atoms with van der Waals surface area (Å²) in [6, 6.07) is 11.2. The van der Waals surface area contributed by atoms with Gasteiger partial charge < -0.3 is 0 Å². The van der Waals surface area contributed by atoms with Crippen molar-refractivity contribution < 1.29 is 0 Å². The quantitative estimate of drug-likeness (QED) is 0.186. The van der Waals surface area contributed by atoms with Crippen LogP contribution in [-0.4, -0.2) is 41.9 Å². The van der Waals surface area contributed by atoms with E-state index in [1.807, 2.05) is 0 Å². The molecular formula is C28H51NSn. The van der Waals surface area contributed by atoms with E-state index in [9.17, 15) is 0 Å². The zero-order chi connectivity index (χ0) is 21.9. The normalized spacial score (nSPS) is 21.3. The summed E-state index contributed by atoms with van der Waals surface area (Å²) in [6.07, 6.45) is 14.4. The Morgan fingerprint density at radius 1 is 0.800 bits per heavy atom. The molecule has 1 fully saturated rings. The Balaban J connectivity index is 2.21. The van der Waals surface area contributed by atoms with Crippen molar-refractivity contribution in [2.24, 2.45) is 0 Å². The fourth-order valence-corrected chi connectivity index (χ4v) is 27.1. The Kier molecular flexibility index (Phi) is 11.8. The van der Waals surface area contributed by atoms with Crippen LogP contribution in [0.5, 0.6) is 0 Å². The molecule has 1 nitrogen and oxygen atoms in total. The summed E-state index contributed by atoms with van der Waals surface area (Å²) >= 11 is -2.16. The Labute approximate surface area is 193 Å². The minimum atomic E-state index is -2.16. The van der Waals surface area contributed by atoms with Crippen molar-refractivity contribution in [3.63, 3.8) is 0 Å².